The van der Waals surface area contributed by atoms with Crippen LogP contribution >= 0.6 is 0 Å². The summed E-state index contributed by atoms with van der Waals surface area (Å²) >= 11 is 0. The highest BCUT2D eigenvalue weighted by molar-refractivity contribution is 6.00. The van der Waals surface area contributed by atoms with Crippen LogP contribution in [0.15, 0.2) is 18.2 Å². The van der Waals surface area contributed by atoms with E-state index in [0.717, 1.165) is 0 Å². The molecule has 1 aromatic rings. The van der Waals surface area contributed by atoms with Crippen LogP contribution in [-0.2, 0) is 20.9 Å². The number of rotatable bonds is 10. The lowest BCUT2D eigenvalue weighted by Gasteiger charge is -2.22. The van der Waals surface area contributed by atoms with Crippen LogP contribution in [0.4, 0.5) is 0 Å². The van der Waals surface area contributed by atoms with E-state index in [1.54, 1.807) is 18.2 Å². The zero-order valence-electron chi connectivity index (χ0n) is 14.6. The van der Waals surface area contributed by atoms with Crippen molar-refractivity contribution in [1.29, 1.82) is 0 Å². The third-order valence-corrected chi connectivity index (χ3v) is 4.25. The maximum atomic E-state index is 12.6. The molecule has 0 aromatic heterocycles. The minimum absolute atomic E-state index is 0.00673. The number of hydrogen-bond acceptors (Lipinski definition) is 5. The van der Waals surface area contributed by atoms with Gasteiger partial charge in [0.1, 0.15) is 12.0 Å². The van der Waals surface area contributed by atoms with Gasteiger partial charge in [-0.05, 0) is 25.0 Å². The highest BCUT2D eigenvalue weighted by Gasteiger charge is 2.34. The Morgan fingerprint density at radius 3 is 2.81 bits per heavy atom. The number of nitrogens with one attached hydrogen (secondary N) is 1. The van der Waals surface area contributed by atoms with Crippen LogP contribution in [0.5, 0.6) is 5.75 Å². The summed E-state index contributed by atoms with van der Waals surface area (Å²) < 4.78 is 5.63. The van der Waals surface area contributed by atoms with Crippen molar-refractivity contribution in [3.8, 4) is 5.75 Å². The van der Waals surface area contributed by atoms with Gasteiger partial charge in [-0.2, -0.15) is 0 Å². The average Bonchev–Trinajstić information content (AvgIpc) is 2.96. The Labute approximate surface area is 151 Å². The molecule has 2 rings (SSSR count). The van der Waals surface area contributed by atoms with Crippen molar-refractivity contribution >= 4 is 24.1 Å². The Morgan fingerprint density at radius 1 is 1.38 bits per heavy atom. The lowest BCUT2D eigenvalue weighted by atomic mass is 10.1. The molecule has 8 nitrogen and oxygen atoms in total. The Hall–Kier alpha value is -2.90. The normalized spacial score (nSPS) is 13.9. The first-order valence-electron chi connectivity index (χ1n) is 8.41. The van der Waals surface area contributed by atoms with Crippen molar-refractivity contribution in [2.45, 2.75) is 38.3 Å². The summed E-state index contributed by atoms with van der Waals surface area (Å²) in [5, 5.41) is 11.2. The standard InChI is InChI=1S/C18H22N2O6/c1-19-16(22)8-7-12(11-21)20-10-14-13(18(20)25)4-2-5-15(14)26-9-3-6-17(23)24/h2,4-5,11-12H,3,6-10H2,1H3,(H,19,22)(H,23,24). The van der Waals surface area contributed by atoms with E-state index in [0.29, 0.717) is 29.6 Å². The molecule has 0 aliphatic carbocycles. The number of carbonyl (C=O) groups excluding carboxylic acids is 3. The predicted molar refractivity (Wildman–Crippen MR) is 91.8 cm³/mol. The van der Waals surface area contributed by atoms with Crippen LogP contribution in [0.1, 0.15) is 41.6 Å². The molecule has 1 atom stereocenters. The fourth-order valence-corrected chi connectivity index (χ4v) is 2.84. The molecule has 0 radical (unpaired) electrons. The van der Waals surface area contributed by atoms with E-state index in [1.807, 2.05) is 0 Å². The van der Waals surface area contributed by atoms with E-state index in [-0.39, 0.29) is 44.2 Å². The number of nitrogens with zero attached hydrogens (tertiary/aromatic N) is 1. The number of aldehydes is 1. The number of carboxylic acids is 1. The third kappa shape index (κ3) is 4.59. The van der Waals surface area contributed by atoms with Crippen LogP contribution in [0.2, 0.25) is 0 Å². The van der Waals surface area contributed by atoms with E-state index in [1.165, 1.54) is 11.9 Å². The second-order valence-electron chi connectivity index (χ2n) is 5.98. The molecule has 140 valence electrons. The summed E-state index contributed by atoms with van der Waals surface area (Å²) in [6.07, 6.45) is 1.45. The smallest absolute Gasteiger partial charge is 0.303 e. The molecular weight excluding hydrogens is 340 g/mol. The number of hydrogen-bond donors (Lipinski definition) is 2. The molecule has 0 saturated carbocycles. The van der Waals surface area contributed by atoms with Gasteiger partial charge in [0, 0.05) is 31.0 Å². The summed E-state index contributed by atoms with van der Waals surface area (Å²) in [5.41, 5.74) is 1.15. The highest BCUT2D eigenvalue weighted by Crippen LogP contribution is 2.32. The lowest BCUT2D eigenvalue weighted by Crippen LogP contribution is -2.37. The van der Waals surface area contributed by atoms with Crippen LogP contribution in [-0.4, -0.2) is 53.8 Å². The number of aliphatic carboxylic acids is 1. The summed E-state index contributed by atoms with van der Waals surface area (Å²) in [6.45, 7) is 0.450. The van der Waals surface area contributed by atoms with Gasteiger partial charge in [-0.25, -0.2) is 0 Å². The second-order valence-corrected chi connectivity index (χ2v) is 5.98. The number of ether oxygens (including phenoxy) is 1. The van der Waals surface area contributed by atoms with Gasteiger partial charge >= 0.3 is 5.97 Å². The van der Waals surface area contributed by atoms with Crippen LogP contribution < -0.4 is 10.1 Å². The monoisotopic (exact) mass is 362 g/mol. The van der Waals surface area contributed by atoms with E-state index < -0.39 is 12.0 Å². The van der Waals surface area contributed by atoms with Gasteiger partial charge < -0.3 is 24.9 Å². The zero-order valence-corrected chi connectivity index (χ0v) is 14.6. The molecule has 1 aliphatic rings. The summed E-state index contributed by atoms with van der Waals surface area (Å²) in [4.78, 5) is 47.4. The predicted octanol–water partition coefficient (Wildman–Crippen LogP) is 0.980. The molecule has 2 amide bonds. The largest absolute Gasteiger partial charge is 0.493 e. The van der Waals surface area contributed by atoms with Crippen molar-refractivity contribution < 1.29 is 29.0 Å². The second kappa shape index (κ2) is 8.98. The molecule has 0 bridgehead atoms. The van der Waals surface area contributed by atoms with Crippen molar-refractivity contribution in [2.24, 2.45) is 0 Å². The van der Waals surface area contributed by atoms with Crippen LogP contribution in [0, 0.1) is 0 Å². The van der Waals surface area contributed by atoms with Crippen molar-refractivity contribution in [3.63, 3.8) is 0 Å². The lowest BCUT2D eigenvalue weighted by molar-refractivity contribution is -0.137. The SMILES string of the molecule is CNC(=O)CCC(C=O)N1Cc2c(OCCCC(=O)O)cccc2C1=O. The fourth-order valence-electron chi connectivity index (χ4n) is 2.84. The van der Waals surface area contributed by atoms with E-state index >= 15 is 0 Å². The number of fused-ring (bicyclic) bond motifs is 1. The quantitative estimate of drug-likeness (QED) is 0.474. The molecular formula is C18H22N2O6. The van der Waals surface area contributed by atoms with Gasteiger partial charge in [-0.3, -0.25) is 14.4 Å². The van der Waals surface area contributed by atoms with E-state index in [2.05, 4.69) is 5.32 Å². The zero-order chi connectivity index (χ0) is 19.1. The average molecular weight is 362 g/mol. The van der Waals surface area contributed by atoms with Gasteiger partial charge in [-0.15, -0.1) is 0 Å². The number of benzene rings is 1. The first-order valence-corrected chi connectivity index (χ1v) is 8.41. The number of carboxylic acid groups (broad SMARTS) is 1. The van der Waals surface area contributed by atoms with Crippen molar-refractivity contribution in [2.75, 3.05) is 13.7 Å². The molecule has 1 aromatic carbocycles. The molecule has 26 heavy (non-hydrogen) atoms. The minimum atomic E-state index is -0.891. The summed E-state index contributed by atoms with van der Waals surface area (Å²) in [7, 11) is 1.52. The maximum absolute atomic E-state index is 12.6. The van der Waals surface area contributed by atoms with Gasteiger partial charge in [0.2, 0.25) is 5.91 Å². The Bertz CT molecular complexity index is 703. The van der Waals surface area contributed by atoms with Crippen molar-refractivity contribution in [1.82, 2.24) is 10.2 Å². The third-order valence-electron chi connectivity index (χ3n) is 4.25. The van der Waals surface area contributed by atoms with Crippen molar-refractivity contribution in [3.05, 3.63) is 29.3 Å². The van der Waals surface area contributed by atoms with E-state index in [4.69, 9.17) is 9.84 Å². The highest BCUT2D eigenvalue weighted by atomic mass is 16.5. The molecule has 2 N–H and O–H groups in total. The maximum Gasteiger partial charge on any atom is 0.303 e. The molecule has 0 fully saturated rings. The molecule has 1 unspecified atom stereocenters. The number of amides is 2. The van der Waals surface area contributed by atoms with E-state index in [9.17, 15) is 19.2 Å². The van der Waals surface area contributed by atoms with Gasteiger partial charge in [0.25, 0.3) is 5.91 Å². The van der Waals surface area contributed by atoms with Gasteiger partial charge in [0.15, 0.2) is 0 Å². The van der Waals surface area contributed by atoms with Crippen LogP contribution in [0.3, 0.4) is 0 Å². The fraction of sp³-hybridized carbons (Fsp3) is 0.444. The molecule has 8 heteroatoms. The first-order chi connectivity index (χ1) is 12.5. The van der Waals surface area contributed by atoms with Gasteiger partial charge in [-0.1, -0.05) is 6.07 Å². The topological polar surface area (TPSA) is 113 Å². The first kappa shape index (κ1) is 19.4. The Kier molecular flexibility index (Phi) is 6.71. The Morgan fingerprint density at radius 2 is 2.15 bits per heavy atom. The minimum Gasteiger partial charge on any atom is -0.493 e. The summed E-state index contributed by atoms with van der Waals surface area (Å²) in [5.74, 6) is -0.841. The number of carbonyl (C=O) groups is 4. The molecule has 1 heterocycles. The van der Waals surface area contributed by atoms with Gasteiger partial charge in [0.05, 0.1) is 19.2 Å². The molecule has 0 spiro atoms. The molecule has 1 aliphatic heterocycles. The van der Waals surface area contributed by atoms with Crippen LogP contribution in [0.25, 0.3) is 0 Å². The molecule has 0 saturated heterocycles. The Balaban J connectivity index is 2.06. The summed E-state index contributed by atoms with van der Waals surface area (Å²) in [6, 6.07) is 4.39.